The predicted octanol–water partition coefficient (Wildman–Crippen LogP) is 7.21. The number of halogens is 1. The number of rotatable bonds is 9. The molecule has 0 saturated heterocycles. The summed E-state index contributed by atoms with van der Waals surface area (Å²) in [5, 5.41) is 13.9. The molecule has 3 rings (SSSR count). The van der Waals surface area contributed by atoms with Gasteiger partial charge in [0.1, 0.15) is 23.8 Å². The molecule has 1 N–H and O–H groups in total. The Morgan fingerprint density at radius 2 is 1.91 bits per heavy atom. The number of carbonyl (C=O) groups is 1. The van der Waals surface area contributed by atoms with E-state index in [0.717, 1.165) is 28.1 Å². The average Bonchev–Trinajstić information content (AvgIpc) is 3.18. The predicted molar refractivity (Wildman–Crippen MR) is 133 cm³/mol. The van der Waals surface area contributed by atoms with Gasteiger partial charge in [0.2, 0.25) is 0 Å². The minimum atomic E-state index is -0.962. The van der Waals surface area contributed by atoms with Gasteiger partial charge in [-0.3, -0.25) is 0 Å². The lowest BCUT2D eigenvalue weighted by atomic mass is 10.1. The van der Waals surface area contributed by atoms with Crippen LogP contribution in [0.4, 0.5) is 0 Å². The molecule has 0 amide bonds. The van der Waals surface area contributed by atoms with E-state index < -0.39 is 5.97 Å². The zero-order chi connectivity index (χ0) is 24.9. The number of nitrogens with zero attached hydrogens (tertiary/aromatic N) is 1. The van der Waals surface area contributed by atoms with Crippen molar-refractivity contribution in [3.8, 4) is 5.75 Å². The topological polar surface area (TPSA) is 81.8 Å². The van der Waals surface area contributed by atoms with E-state index in [2.05, 4.69) is 5.16 Å². The van der Waals surface area contributed by atoms with Crippen LogP contribution in [-0.2, 0) is 18.0 Å². The maximum Gasteiger partial charge on any atom is 0.335 e. The Hall–Kier alpha value is -3.09. The van der Waals surface area contributed by atoms with Crippen molar-refractivity contribution >= 4 is 29.7 Å². The molecule has 0 unspecified atom stereocenters. The van der Waals surface area contributed by atoms with Crippen molar-refractivity contribution in [1.29, 1.82) is 0 Å². The second kappa shape index (κ2) is 10.9. The summed E-state index contributed by atoms with van der Waals surface area (Å²) in [4.78, 5) is 11.1. The first-order valence-corrected chi connectivity index (χ1v) is 11.5. The molecule has 2 aromatic carbocycles. The average molecular weight is 484 g/mol. The molecule has 0 aliphatic heterocycles. The molecular formula is C27H30ClNO5. The Morgan fingerprint density at radius 1 is 1.15 bits per heavy atom. The number of aromatic carboxylic acids is 1. The maximum absolute atomic E-state index is 11.1. The van der Waals surface area contributed by atoms with Crippen LogP contribution in [0.5, 0.6) is 5.75 Å². The van der Waals surface area contributed by atoms with Gasteiger partial charge in [-0.1, -0.05) is 54.9 Å². The van der Waals surface area contributed by atoms with Gasteiger partial charge in [-0.2, -0.15) is 0 Å². The summed E-state index contributed by atoms with van der Waals surface area (Å²) in [5.74, 6) is 0.594. The summed E-state index contributed by atoms with van der Waals surface area (Å²) in [7, 11) is 0. The van der Waals surface area contributed by atoms with Crippen LogP contribution in [0.1, 0.15) is 79.0 Å². The second-order valence-electron chi connectivity index (χ2n) is 9.26. The van der Waals surface area contributed by atoms with Crippen molar-refractivity contribution in [2.45, 2.75) is 59.4 Å². The molecule has 3 aromatic rings. The molecule has 0 fully saturated rings. The van der Waals surface area contributed by atoms with Crippen molar-refractivity contribution in [1.82, 2.24) is 5.16 Å². The van der Waals surface area contributed by atoms with E-state index in [9.17, 15) is 4.79 Å². The van der Waals surface area contributed by atoms with Crippen LogP contribution in [0.3, 0.4) is 0 Å². The molecule has 0 aliphatic carbocycles. The highest BCUT2D eigenvalue weighted by molar-refractivity contribution is 6.32. The smallest absolute Gasteiger partial charge is 0.335 e. The van der Waals surface area contributed by atoms with E-state index in [0.29, 0.717) is 17.4 Å². The van der Waals surface area contributed by atoms with Crippen LogP contribution in [-0.4, -0.2) is 21.8 Å². The highest BCUT2D eigenvalue weighted by Crippen LogP contribution is 2.28. The van der Waals surface area contributed by atoms with Crippen LogP contribution in [0.15, 0.2) is 47.0 Å². The Labute approximate surface area is 205 Å². The van der Waals surface area contributed by atoms with Crippen molar-refractivity contribution in [3.05, 3.63) is 81.2 Å². The number of aromatic nitrogens is 1. The lowest BCUT2D eigenvalue weighted by molar-refractivity contribution is -0.0178. The standard InChI is InChI=1S/C27H30ClNO5/c1-17(2)25-22(24(29-34-25)16-33-27(3,4)5)15-32-21-12-11-19(23(28)14-21)10-9-18-7-6-8-20(13-18)26(30)31/h6-14,17H,15-16H2,1-5H3,(H,30,31)/b10-9+. The molecule has 1 heterocycles. The summed E-state index contributed by atoms with van der Waals surface area (Å²) >= 11 is 6.47. The van der Waals surface area contributed by atoms with E-state index in [1.165, 1.54) is 0 Å². The summed E-state index contributed by atoms with van der Waals surface area (Å²) < 4.78 is 17.5. The quantitative estimate of drug-likeness (QED) is 0.324. The summed E-state index contributed by atoms with van der Waals surface area (Å²) in [6.07, 6.45) is 3.66. The molecule has 0 radical (unpaired) electrons. The first-order chi connectivity index (χ1) is 16.0. The van der Waals surface area contributed by atoms with Crippen LogP contribution >= 0.6 is 11.6 Å². The number of carboxylic acid groups (broad SMARTS) is 1. The number of carboxylic acids is 1. The molecule has 0 saturated carbocycles. The lowest BCUT2D eigenvalue weighted by Gasteiger charge is -2.19. The molecule has 7 heteroatoms. The van der Waals surface area contributed by atoms with Crippen molar-refractivity contribution in [2.75, 3.05) is 0 Å². The monoisotopic (exact) mass is 483 g/mol. The Bertz CT molecular complexity index is 1170. The summed E-state index contributed by atoms with van der Waals surface area (Å²) in [6.45, 7) is 10.7. The molecule has 180 valence electrons. The van der Waals surface area contributed by atoms with Crippen LogP contribution in [0.2, 0.25) is 5.02 Å². The van der Waals surface area contributed by atoms with Gasteiger partial charge < -0.3 is 19.1 Å². The summed E-state index contributed by atoms with van der Waals surface area (Å²) in [6, 6.07) is 12.2. The number of hydrogen-bond donors (Lipinski definition) is 1. The zero-order valence-electron chi connectivity index (χ0n) is 20.1. The summed E-state index contributed by atoms with van der Waals surface area (Å²) in [5.41, 5.74) is 3.13. The fraction of sp³-hybridized carbons (Fsp3) is 0.333. The third-order valence-electron chi connectivity index (χ3n) is 5.01. The fourth-order valence-corrected chi connectivity index (χ4v) is 3.45. The minimum Gasteiger partial charge on any atom is -0.489 e. The van der Waals surface area contributed by atoms with E-state index in [1.54, 1.807) is 24.3 Å². The van der Waals surface area contributed by atoms with E-state index in [1.807, 2.05) is 65.0 Å². The number of hydrogen-bond acceptors (Lipinski definition) is 5. The van der Waals surface area contributed by atoms with E-state index in [4.69, 9.17) is 30.7 Å². The lowest BCUT2D eigenvalue weighted by Crippen LogP contribution is -2.19. The molecule has 0 atom stereocenters. The van der Waals surface area contributed by atoms with Gasteiger partial charge in [0.15, 0.2) is 0 Å². The second-order valence-corrected chi connectivity index (χ2v) is 9.67. The third-order valence-corrected chi connectivity index (χ3v) is 5.34. The molecule has 0 aliphatic rings. The molecule has 0 spiro atoms. The van der Waals surface area contributed by atoms with Crippen molar-refractivity contribution in [3.63, 3.8) is 0 Å². The highest BCUT2D eigenvalue weighted by atomic mass is 35.5. The van der Waals surface area contributed by atoms with E-state index in [-0.39, 0.29) is 23.7 Å². The Balaban J connectivity index is 1.72. The maximum atomic E-state index is 11.1. The zero-order valence-corrected chi connectivity index (χ0v) is 20.8. The van der Waals surface area contributed by atoms with Crippen LogP contribution < -0.4 is 4.74 Å². The van der Waals surface area contributed by atoms with Gasteiger partial charge in [-0.25, -0.2) is 4.79 Å². The van der Waals surface area contributed by atoms with Crippen molar-refractivity contribution < 1.29 is 23.9 Å². The molecule has 0 bridgehead atoms. The third kappa shape index (κ3) is 6.95. The van der Waals surface area contributed by atoms with Gasteiger partial charge in [-0.15, -0.1) is 0 Å². The van der Waals surface area contributed by atoms with Gasteiger partial charge >= 0.3 is 5.97 Å². The van der Waals surface area contributed by atoms with Gasteiger partial charge in [-0.05, 0) is 62.2 Å². The van der Waals surface area contributed by atoms with Crippen molar-refractivity contribution in [2.24, 2.45) is 0 Å². The van der Waals surface area contributed by atoms with Crippen LogP contribution in [0.25, 0.3) is 12.2 Å². The van der Waals surface area contributed by atoms with Crippen LogP contribution in [0, 0.1) is 0 Å². The van der Waals surface area contributed by atoms with E-state index >= 15 is 0 Å². The molecule has 6 nitrogen and oxygen atoms in total. The first-order valence-electron chi connectivity index (χ1n) is 11.1. The van der Waals surface area contributed by atoms with Gasteiger partial charge in [0.25, 0.3) is 0 Å². The number of ether oxygens (including phenoxy) is 2. The Kier molecular flexibility index (Phi) is 8.18. The largest absolute Gasteiger partial charge is 0.489 e. The molecular weight excluding hydrogens is 454 g/mol. The SMILES string of the molecule is CC(C)c1onc(COC(C)(C)C)c1COc1ccc(/C=C/c2cccc(C(=O)O)c2)c(Cl)c1. The van der Waals surface area contributed by atoms with Gasteiger partial charge in [0.05, 0.1) is 28.4 Å². The Morgan fingerprint density at radius 3 is 2.56 bits per heavy atom. The highest BCUT2D eigenvalue weighted by Gasteiger charge is 2.21. The first kappa shape index (κ1) is 25.5. The minimum absolute atomic E-state index is 0.158. The van der Waals surface area contributed by atoms with Gasteiger partial charge in [0, 0.05) is 5.92 Å². The fourth-order valence-electron chi connectivity index (χ4n) is 3.21. The molecule has 1 aromatic heterocycles. The molecule has 34 heavy (non-hydrogen) atoms. The number of benzene rings is 2. The normalized spacial score (nSPS) is 12.0.